The molecule has 2 atom stereocenters. The Labute approximate surface area is 61.6 Å². The third kappa shape index (κ3) is 1.15. The number of carbonyl (C=O) groups excluding carboxylic acids is 1. The standard InChI is InChI=1S/C8H14O2/c1-3-5-7-6(4-2)8(9)10-7/h6-7H,3-5H2,1-2H3/t6-,7-/m0/s1. The van der Waals surface area contributed by atoms with E-state index in [1.54, 1.807) is 0 Å². The molecule has 1 saturated heterocycles. The van der Waals surface area contributed by atoms with Crippen LogP contribution in [-0.4, -0.2) is 12.1 Å². The van der Waals surface area contributed by atoms with Crippen LogP contribution < -0.4 is 0 Å². The predicted molar refractivity (Wildman–Crippen MR) is 38.6 cm³/mol. The Balaban J connectivity index is 2.30. The van der Waals surface area contributed by atoms with Crippen LogP contribution in [0.2, 0.25) is 0 Å². The molecule has 1 aliphatic rings. The molecule has 1 rings (SSSR count). The van der Waals surface area contributed by atoms with Gasteiger partial charge in [-0.2, -0.15) is 0 Å². The fraction of sp³-hybridized carbons (Fsp3) is 0.875. The van der Waals surface area contributed by atoms with Gasteiger partial charge in [-0.25, -0.2) is 0 Å². The first kappa shape index (κ1) is 7.58. The lowest BCUT2D eigenvalue weighted by atomic mass is 9.91. The minimum Gasteiger partial charge on any atom is -0.461 e. The summed E-state index contributed by atoms with van der Waals surface area (Å²) < 4.78 is 4.94. The van der Waals surface area contributed by atoms with Gasteiger partial charge in [0.25, 0.3) is 0 Å². The fourth-order valence-corrected chi connectivity index (χ4v) is 1.37. The monoisotopic (exact) mass is 142 g/mol. The van der Waals surface area contributed by atoms with Gasteiger partial charge in [0.05, 0.1) is 5.92 Å². The van der Waals surface area contributed by atoms with E-state index in [0.717, 1.165) is 19.3 Å². The van der Waals surface area contributed by atoms with Crippen LogP contribution in [0.4, 0.5) is 0 Å². The molecular weight excluding hydrogens is 128 g/mol. The van der Waals surface area contributed by atoms with E-state index in [9.17, 15) is 4.79 Å². The molecule has 0 aromatic rings. The van der Waals surface area contributed by atoms with E-state index in [-0.39, 0.29) is 18.0 Å². The van der Waals surface area contributed by atoms with E-state index >= 15 is 0 Å². The molecule has 2 heteroatoms. The van der Waals surface area contributed by atoms with E-state index in [0.29, 0.717) is 0 Å². The van der Waals surface area contributed by atoms with Crippen molar-refractivity contribution in [2.45, 2.75) is 39.2 Å². The SMILES string of the molecule is CCC[C@@H]1OC(=O)[C@H]1CC. The Morgan fingerprint density at radius 3 is 2.60 bits per heavy atom. The molecule has 0 spiro atoms. The minimum absolute atomic E-state index is 0.000880. The maximum absolute atomic E-state index is 10.7. The van der Waals surface area contributed by atoms with Crippen LogP contribution in [0.15, 0.2) is 0 Å². The van der Waals surface area contributed by atoms with Crippen molar-refractivity contribution in [2.24, 2.45) is 5.92 Å². The van der Waals surface area contributed by atoms with Crippen LogP contribution in [0.25, 0.3) is 0 Å². The van der Waals surface area contributed by atoms with Gasteiger partial charge < -0.3 is 4.74 Å². The summed E-state index contributed by atoms with van der Waals surface area (Å²) in [6, 6.07) is 0. The van der Waals surface area contributed by atoms with Crippen LogP contribution >= 0.6 is 0 Å². The Bertz CT molecular complexity index is 131. The van der Waals surface area contributed by atoms with Crippen molar-refractivity contribution in [3.63, 3.8) is 0 Å². The van der Waals surface area contributed by atoms with Crippen molar-refractivity contribution < 1.29 is 9.53 Å². The first-order valence-electron chi connectivity index (χ1n) is 4.00. The van der Waals surface area contributed by atoms with Gasteiger partial charge in [0, 0.05) is 0 Å². The van der Waals surface area contributed by atoms with E-state index in [1.165, 1.54) is 0 Å². The van der Waals surface area contributed by atoms with Crippen LogP contribution in [0.5, 0.6) is 0 Å². The molecule has 0 radical (unpaired) electrons. The van der Waals surface area contributed by atoms with Crippen LogP contribution in [-0.2, 0) is 9.53 Å². The maximum Gasteiger partial charge on any atom is 0.312 e. The van der Waals surface area contributed by atoms with E-state index in [1.807, 2.05) is 6.92 Å². The minimum atomic E-state index is 0.000880. The normalized spacial score (nSPS) is 31.2. The van der Waals surface area contributed by atoms with Gasteiger partial charge in [-0.15, -0.1) is 0 Å². The van der Waals surface area contributed by atoms with Gasteiger partial charge >= 0.3 is 5.97 Å². The lowest BCUT2D eigenvalue weighted by molar-refractivity contribution is -0.185. The average Bonchev–Trinajstić information content (AvgIpc) is 1.88. The first-order valence-corrected chi connectivity index (χ1v) is 4.00. The number of cyclic esters (lactones) is 1. The molecule has 10 heavy (non-hydrogen) atoms. The second kappa shape index (κ2) is 3.04. The second-order valence-corrected chi connectivity index (χ2v) is 2.78. The van der Waals surface area contributed by atoms with E-state index in [2.05, 4.69) is 6.92 Å². The summed E-state index contributed by atoms with van der Waals surface area (Å²) in [6.07, 6.45) is 3.31. The van der Waals surface area contributed by atoms with Crippen molar-refractivity contribution >= 4 is 5.97 Å². The van der Waals surface area contributed by atoms with Crippen LogP contribution in [0.3, 0.4) is 0 Å². The number of ether oxygens (including phenoxy) is 1. The molecule has 1 fully saturated rings. The maximum atomic E-state index is 10.7. The summed E-state index contributed by atoms with van der Waals surface area (Å²) >= 11 is 0. The highest BCUT2D eigenvalue weighted by molar-refractivity contribution is 5.78. The molecule has 0 amide bonds. The fourth-order valence-electron chi connectivity index (χ4n) is 1.37. The average molecular weight is 142 g/mol. The zero-order valence-electron chi connectivity index (χ0n) is 6.59. The van der Waals surface area contributed by atoms with Crippen LogP contribution in [0, 0.1) is 5.92 Å². The van der Waals surface area contributed by atoms with Crippen molar-refractivity contribution in [1.82, 2.24) is 0 Å². The molecule has 0 unspecified atom stereocenters. The molecule has 0 aromatic heterocycles. The zero-order chi connectivity index (χ0) is 7.56. The molecule has 0 N–H and O–H groups in total. The Morgan fingerprint density at radius 1 is 1.50 bits per heavy atom. The highest BCUT2D eigenvalue weighted by Gasteiger charge is 2.39. The molecule has 2 nitrogen and oxygen atoms in total. The smallest absolute Gasteiger partial charge is 0.312 e. The second-order valence-electron chi connectivity index (χ2n) is 2.78. The van der Waals surface area contributed by atoms with E-state index in [4.69, 9.17) is 4.74 Å². The van der Waals surface area contributed by atoms with Gasteiger partial charge in [-0.05, 0) is 12.8 Å². The molecule has 1 aliphatic heterocycles. The first-order chi connectivity index (χ1) is 4.79. The van der Waals surface area contributed by atoms with Crippen molar-refractivity contribution in [1.29, 1.82) is 0 Å². The molecule has 0 aliphatic carbocycles. The summed E-state index contributed by atoms with van der Waals surface area (Å²) in [4.78, 5) is 10.7. The largest absolute Gasteiger partial charge is 0.461 e. The number of hydrogen-bond acceptors (Lipinski definition) is 2. The van der Waals surface area contributed by atoms with Crippen molar-refractivity contribution in [3.8, 4) is 0 Å². The molecule has 0 saturated carbocycles. The van der Waals surface area contributed by atoms with Gasteiger partial charge in [-0.3, -0.25) is 4.79 Å². The number of rotatable bonds is 3. The van der Waals surface area contributed by atoms with Gasteiger partial charge in [-0.1, -0.05) is 20.3 Å². The molecule has 58 valence electrons. The topological polar surface area (TPSA) is 26.3 Å². The van der Waals surface area contributed by atoms with Gasteiger partial charge in [0.2, 0.25) is 0 Å². The summed E-state index contributed by atoms with van der Waals surface area (Å²) in [7, 11) is 0. The highest BCUT2D eigenvalue weighted by atomic mass is 16.6. The highest BCUT2D eigenvalue weighted by Crippen LogP contribution is 2.28. The Morgan fingerprint density at radius 2 is 2.20 bits per heavy atom. The summed E-state index contributed by atoms with van der Waals surface area (Å²) in [5.41, 5.74) is 0. The number of hydrogen-bond donors (Lipinski definition) is 0. The number of carbonyl (C=O) groups is 1. The Hall–Kier alpha value is -0.530. The molecular formula is C8H14O2. The van der Waals surface area contributed by atoms with E-state index < -0.39 is 0 Å². The lowest BCUT2D eigenvalue weighted by Gasteiger charge is -2.34. The quantitative estimate of drug-likeness (QED) is 0.561. The predicted octanol–water partition coefficient (Wildman–Crippen LogP) is 1.74. The summed E-state index contributed by atoms with van der Waals surface area (Å²) in [5.74, 6) is 0.209. The van der Waals surface area contributed by atoms with Gasteiger partial charge in [0.15, 0.2) is 0 Å². The Kier molecular flexibility index (Phi) is 2.30. The van der Waals surface area contributed by atoms with Crippen LogP contribution in [0.1, 0.15) is 33.1 Å². The molecule has 0 bridgehead atoms. The third-order valence-corrected chi connectivity index (χ3v) is 2.03. The lowest BCUT2D eigenvalue weighted by Crippen LogP contribution is -2.44. The van der Waals surface area contributed by atoms with Crippen molar-refractivity contribution in [3.05, 3.63) is 0 Å². The molecule has 1 heterocycles. The summed E-state index contributed by atoms with van der Waals surface area (Å²) in [5, 5.41) is 0. The summed E-state index contributed by atoms with van der Waals surface area (Å²) in [6.45, 7) is 4.15. The third-order valence-electron chi connectivity index (χ3n) is 2.03. The number of esters is 1. The van der Waals surface area contributed by atoms with Crippen molar-refractivity contribution in [2.75, 3.05) is 0 Å². The van der Waals surface area contributed by atoms with Gasteiger partial charge in [0.1, 0.15) is 6.10 Å². The molecule has 0 aromatic carbocycles. The zero-order valence-corrected chi connectivity index (χ0v) is 6.59.